The molecule has 0 amide bonds. The Morgan fingerprint density at radius 2 is 2.29 bits per heavy atom. The predicted octanol–water partition coefficient (Wildman–Crippen LogP) is 3.20. The van der Waals surface area contributed by atoms with E-state index in [9.17, 15) is 0 Å². The third-order valence-corrected chi connectivity index (χ3v) is 2.35. The minimum absolute atomic E-state index is 0.256. The van der Waals surface area contributed by atoms with Crippen LogP contribution in [0.4, 0.5) is 0 Å². The third-order valence-electron chi connectivity index (χ3n) is 2.35. The number of hydrogen-bond acceptors (Lipinski definition) is 2. The quantitative estimate of drug-likeness (QED) is 0.726. The van der Waals surface area contributed by atoms with Crippen LogP contribution in [0, 0.1) is 6.92 Å². The number of hydrogen-bond donors (Lipinski definition) is 1. The van der Waals surface area contributed by atoms with Crippen LogP contribution < -0.4 is 5.32 Å². The molecule has 78 valence electrons. The summed E-state index contributed by atoms with van der Waals surface area (Å²) in [6.45, 7) is 11.0. The van der Waals surface area contributed by atoms with Gasteiger partial charge in [0.15, 0.2) is 0 Å². The van der Waals surface area contributed by atoms with E-state index in [0.29, 0.717) is 0 Å². The van der Waals surface area contributed by atoms with E-state index >= 15 is 0 Å². The second kappa shape index (κ2) is 5.01. The van der Waals surface area contributed by atoms with Crippen LogP contribution in [-0.4, -0.2) is 6.54 Å². The molecule has 1 unspecified atom stereocenters. The van der Waals surface area contributed by atoms with Gasteiger partial charge in [0.1, 0.15) is 11.5 Å². The third kappa shape index (κ3) is 3.04. The normalized spacial score (nSPS) is 12.8. The van der Waals surface area contributed by atoms with Crippen LogP contribution in [0.1, 0.15) is 37.8 Å². The van der Waals surface area contributed by atoms with Crippen molar-refractivity contribution in [2.24, 2.45) is 0 Å². The first-order chi connectivity index (χ1) is 6.63. The summed E-state index contributed by atoms with van der Waals surface area (Å²) in [4.78, 5) is 0. The molecule has 0 saturated heterocycles. The van der Waals surface area contributed by atoms with Crippen LogP contribution in [-0.2, 0) is 0 Å². The second-order valence-electron chi connectivity index (χ2n) is 3.65. The number of aryl methyl sites for hydroxylation is 1. The minimum Gasteiger partial charge on any atom is -0.465 e. The van der Waals surface area contributed by atoms with Crippen LogP contribution in [0.25, 0.3) is 0 Å². The summed E-state index contributed by atoms with van der Waals surface area (Å²) < 4.78 is 5.52. The summed E-state index contributed by atoms with van der Waals surface area (Å²) >= 11 is 0. The van der Waals surface area contributed by atoms with Gasteiger partial charge < -0.3 is 9.73 Å². The first-order valence-corrected chi connectivity index (χ1v) is 5.09. The van der Waals surface area contributed by atoms with E-state index in [1.807, 2.05) is 19.1 Å². The van der Waals surface area contributed by atoms with E-state index in [4.69, 9.17) is 4.42 Å². The lowest BCUT2D eigenvalue weighted by Crippen LogP contribution is -2.20. The second-order valence-corrected chi connectivity index (χ2v) is 3.65. The number of rotatable bonds is 5. The fourth-order valence-electron chi connectivity index (χ4n) is 1.21. The van der Waals surface area contributed by atoms with E-state index in [1.165, 1.54) is 5.57 Å². The van der Waals surface area contributed by atoms with Crippen LogP contribution in [0.15, 0.2) is 28.7 Å². The zero-order chi connectivity index (χ0) is 10.6. The SMILES string of the molecule is C=C(CC)CNC(C)c1ccc(C)o1. The van der Waals surface area contributed by atoms with Crippen molar-refractivity contribution in [2.45, 2.75) is 33.2 Å². The molecule has 0 radical (unpaired) electrons. The van der Waals surface area contributed by atoms with Gasteiger partial charge in [-0.3, -0.25) is 0 Å². The molecule has 14 heavy (non-hydrogen) atoms. The molecule has 1 heterocycles. The average molecular weight is 193 g/mol. The molecular weight excluding hydrogens is 174 g/mol. The van der Waals surface area contributed by atoms with Crippen molar-refractivity contribution in [2.75, 3.05) is 6.54 Å². The Morgan fingerprint density at radius 3 is 2.79 bits per heavy atom. The van der Waals surface area contributed by atoms with Gasteiger partial charge >= 0.3 is 0 Å². The lowest BCUT2D eigenvalue weighted by atomic mass is 10.2. The highest BCUT2D eigenvalue weighted by Crippen LogP contribution is 2.15. The van der Waals surface area contributed by atoms with Gasteiger partial charge in [-0.05, 0) is 32.4 Å². The monoisotopic (exact) mass is 193 g/mol. The van der Waals surface area contributed by atoms with Crippen molar-refractivity contribution in [3.63, 3.8) is 0 Å². The summed E-state index contributed by atoms with van der Waals surface area (Å²) in [6, 6.07) is 4.26. The molecule has 0 fully saturated rings. The van der Waals surface area contributed by atoms with E-state index in [0.717, 1.165) is 24.5 Å². The molecule has 0 aliphatic rings. The molecule has 1 aromatic heterocycles. The molecule has 1 N–H and O–H groups in total. The zero-order valence-corrected chi connectivity index (χ0v) is 9.26. The summed E-state index contributed by atoms with van der Waals surface area (Å²) in [5.41, 5.74) is 1.22. The topological polar surface area (TPSA) is 25.2 Å². The lowest BCUT2D eigenvalue weighted by molar-refractivity contribution is 0.423. The smallest absolute Gasteiger partial charge is 0.120 e. The van der Waals surface area contributed by atoms with Crippen LogP contribution >= 0.6 is 0 Å². The Bertz CT molecular complexity index is 301. The van der Waals surface area contributed by atoms with Crippen LogP contribution in [0.2, 0.25) is 0 Å². The standard InChI is InChI=1S/C12H19NO/c1-5-9(2)8-13-11(4)12-7-6-10(3)14-12/h6-7,11,13H,2,5,8H2,1,3-4H3. The molecule has 1 atom stereocenters. The summed E-state index contributed by atoms with van der Waals surface area (Å²) in [6.07, 6.45) is 1.02. The molecule has 1 rings (SSSR count). The van der Waals surface area contributed by atoms with Gasteiger partial charge in [-0.2, -0.15) is 0 Å². The highest BCUT2D eigenvalue weighted by molar-refractivity contribution is 5.09. The molecule has 0 aliphatic heterocycles. The van der Waals surface area contributed by atoms with Crippen LogP contribution in [0.5, 0.6) is 0 Å². The van der Waals surface area contributed by atoms with Gasteiger partial charge in [-0.1, -0.05) is 19.1 Å². The number of nitrogens with one attached hydrogen (secondary N) is 1. The largest absolute Gasteiger partial charge is 0.465 e. The van der Waals surface area contributed by atoms with Gasteiger partial charge in [0.25, 0.3) is 0 Å². The van der Waals surface area contributed by atoms with E-state index < -0.39 is 0 Å². The van der Waals surface area contributed by atoms with Gasteiger partial charge in [0.2, 0.25) is 0 Å². The predicted molar refractivity (Wildman–Crippen MR) is 59.3 cm³/mol. The Balaban J connectivity index is 2.42. The first kappa shape index (κ1) is 11.1. The molecule has 2 nitrogen and oxygen atoms in total. The van der Waals surface area contributed by atoms with Gasteiger partial charge in [-0.15, -0.1) is 0 Å². The van der Waals surface area contributed by atoms with Crippen molar-refractivity contribution in [3.8, 4) is 0 Å². The number of furan rings is 1. The summed E-state index contributed by atoms with van der Waals surface area (Å²) in [7, 11) is 0. The molecule has 0 saturated carbocycles. The molecule has 0 spiro atoms. The Morgan fingerprint density at radius 1 is 1.57 bits per heavy atom. The average Bonchev–Trinajstić information content (AvgIpc) is 2.60. The van der Waals surface area contributed by atoms with E-state index in [1.54, 1.807) is 0 Å². The highest BCUT2D eigenvalue weighted by atomic mass is 16.3. The zero-order valence-electron chi connectivity index (χ0n) is 9.26. The Kier molecular flexibility index (Phi) is 3.96. The Labute approximate surface area is 86.0 Å². The lowest BCUT2D eigenvalue weighted by Gasteiger charge is -2.11. The van der Waals surface area contributed by atoms with Gasteiger partial charge in [0, 0.05) is 6.54 Å². The molecule has 1 aromatic rings. The van der Waals surface area contributed by atoms with E-state index in [-0.39, 0.29) is 6.04 Å². The molecule has 0 bridgehead atoms. The van der Waals surface area contributed by atoms with Gasteiger partial charge in [-0.25, -0.2) is 0 Å². The van der Waals surface area contributed by atoms with Gasteiger partial charge in [0.05, 0.1) is 6.04 Å². The fourth-order valence-corrected chi connectivity index (χ4v) is 1.21. The first-order valence-electron chi connectivity index (χ1n) is 5.09. The Hall–Kier alpha value is -1.02. The van der Waals surface area contributed by atoms with Crippen molar-refractivity contribution >= 4 is 0 Å². The molecular formula is C12H19NO. The van der Waals surface area contributed by atoms with Crippen LogP contribution in [0.3, 0.4) is 0 Å². The molecule has 0 aliphatic carbocycles. The minimum atomic E-state index is 0.256. The maximum atomic E-state index is 5.52. The maximum Gasteiger partial charge on any atom is 0.120 e. The van der Waals surface area contributed by atoms with Crippen molar-refractivity contribution in [3.05, 3.63) is 35.8 Å². The molecule has 0 aromatic carbocycles. The fraction of sp³-hybridized carbons (Fsp3) is 0.500. The maximum absolute atomic E-state index is 5.52. The van der Waals surface area contributed by atoms with Crippen molar-refractivity contribution < 1.29 is 4.42 Å². The van der Waals surface area contributed by atoms with Crippen molar-refractivity contribution in [1.29, 1.82) is 0 Å². The van der Waals surface area contributed by atoms with Crippen molar-refractivity contribution in [1.82, 2.24) is 5.32 Å². The molecule has 2 heteroatoms. The summed E-state index contributed by atoms with van der Waals surface area (Å²) in [5.74, 6) is 1.95. The highest BCUT2D eigenvalue weighted by Gasteiger charge is 2.08. The summed E-state index contributed by atoms with van der Waals surface area (Å²) in [5, 5.41) is 3.37. The van der Waals surface area contributed by atoms with E-state index in [2.05, 4.69) is 25.7 Å².